The van der Waals surface area contributed by atoms with Gasteiger partial charge in [-0.05, 0) is 50.3 Å². The van der Waals surface area contributed by atoms with Crippen LogP contribution < -0.4 is 10.6 Å². The molecule has 0 saturated carbocycles. The normalized spacial score (nSPS) is 13.5. The van der Waals surface area contributed by atoms with Crippen LogP contribution in [0.25, 0.3) is 0 Å². The molecule has 0 aliphatic rings. The maximum Gasteiger partial charge on any atom is 0.251 e. The first kappa shape index (κ1) is 20.7. The van der Waals surface area contributed by atoms with E-state index < -0.39 is 6.04 Å². The molecule has 0 aliphatic carbocycles. The Morgan fingerprint density at radius 1 is 0.963 bits per heavy atom. The summed E-state index contributed by atoms with van der Waals surface area (Å²) >= 11 is 0. The number of amides is 2. The smallest absolute Gasteiger partial charge is 0.251 e. The van der Waals surface area contributed by atoms with Crippen molar-refractivity contribution in [2.24, 2.45) is 0 Å². The molecule has 144 valence electrons. The zero-order valence-electron chi connectivity index (χ0n) is 16.9. The first-order valence-corrected chi connectivity index (χ1v) is 9.42. The summed E-state index contributed by atoms with van der Waals surface area (Å²) in [6.45, 7) is 9.99. The quantitative estimate of drug-likeness (QED) is 0.778. The first-order valence-electron chi connectivity index (χ1n) is 9.42. The standard InChI is InChI=1S/C23H30N2O2/c1-16-10-9-11-19(14-16)22(27)25-18(3)21(26)24-17(2)15-23(4,5)20-12-7-6-8-13-20/h6-14,17-18H,15H2,1-5H3,(H,24,26)(H,25,27). The molecule has 4 heteroatoms. The van der Waals surface area contributed by atoms with Gasteiger partial charge in [0.05, 0.1) is 0 Å². The third-order valence-electron chi connectivity index (χ3n) is 4.78. The van der Waals surface area contributed by atoms with Crippen LogP contribution in [0.5, 0.6) is 0 Å². The molecule has 0 aromatic heterocycles. The third kappa shape index (κ3) is 5.95. The van der Waals surface area contributed by atoms with E-state index in [0.717, 1.165) is 12.0 Å². The van der Waals surface area contributed by atoms with Gasteiger partial charge < -0.3 is 10.6 Å². The van der Waals surface area contributed by atoms with Crippen LogP contribution in [0.15, 0.2) is 54.6 Å². The predicted octanol–water partition coefficient (Wildman–Crippen LogP) is 3.99. The van der Waals surface area contributed by atoms with Crippen LogP contribution in [0.4, 0.5) is 0 Å². The Kier molecular flexibility index (Phi) is 6.78. The average Bonchev–Trinajstić information content (AvgIpc) is 2.61. The molecule has 2 rings (SSSR count). The molecule has 2 aromatic carbocycles. The van der Waals surface area contributed by atoms with Gasteiger partial charge in [-0.15, -0.1) is 0 Å². The largest absolute Gasteiger partial charge is 0.352 e. The molecular formula is C23H30N2O2. The Bertz CT molecular complexity index is 784. The van der Waals surface area contributed by atoms with Crippen LogP contribution in [0, 0.1) is 6.92 Å². The number of rotatable bonds is 7. The molecule has 0 heterocycles. The molecule has 0 spiro atoms. The Morgan fingerprint density at radius 2 is 1.63 bits per heavy atom. The van der Waals surface area contributed by atoms with E-state index in [1.807, 2.05) is 50.2 Å². The summed E-state index contributed by atoms with van der Waals surface area (Å²) in [5.74, 6) is -0.411. The number of hydrogen-bond donors (Lipinski definition) is 2. The SMILES string of the molecule is Cc1cccc(C(=O)NC(C)C(=O)NC(C)CC(C)(C)c2ccccc2)c1. The Morgan fingerprint density at radius 3 is 2.26 bits per heavy atom. The van der Waals surface area contributed by atoms with Gasteiger partial charge in [-0.2, -0.15) is 0 Å². The highest BCUT2D eigenvalue weighted by Crippen LogP contribution is 2.28. The fourth-order valence-electron chi connectivity index (χ4n) is 3.32. The summed E-state index contributed by atoms with van der Waals surface area (Å²) in [5.41, 5.74) is 2.76. The van der Waals surface area contributed by atoms with Crippen molar-refractivity contribution in [3.05, 3.63) is 71.3 Å². The summed E-state index contributed by atoms with van der Waals surface area (Å²) < 4.78 is 0. The van der Waals surface area contributed by atoms with E-state index in [2.05, 4.69) is 36.6 Å². The van der Waals surface area contributed by atoms with Crippen molar-refractivity contribution in [1.29, 1.82) is 0 Å². The second-order valence-corrected chi connectivity index (χ2v) is 7.93. The van der Waals surface area contributed by atoms with Crippen molar-refractivity contribution in [1.82, 2.24) is 10.6 Å². The highest BCUT2D eigenvalue weighted by atomic mass is 16.2. The van der Waals surface area contributed by atoms with E-state index in [1.54, 1.807) is 13.0 Å². The number of carbonyl (C=O) groups excluding carboxylic acids is 2. The van der Waals surface area contributed by atoms with Crippen LogP contribution in [0.2, 0.25) is 0 Å². The van der Waals surface area contributed by atoms with Gasteiger partial charge in [0.25, 0.3) is 5.91 Å². The molecule has 0 saturated heterocycles. The lowest BCUT2D eigenvalue weighted by Gasteiger charge is -2.29. The molecule has 0 fully saturated rings. The van der Waals surface area contributed by atoms with Gasteiger partial charge in [0.15, 0.2) is 0 Å². The van der Waals surface area contributed by atoms with E-state index in [0.29, 0.717) is 5.56 Å². The molecule has 27 heavy (non-hydrogen) atoms. The molecule has 2 N–H and O–H groups in total. The number of carbonyl (C=O) groups is 2. The Labute approximate surface area is 162 Å². The van der Waals surface area contributed by atoms with Crippen LogP contribution >= 0.6 is 0 Å². The lowest BCUT2D eigenvalue weighted by molar-refractivity contribution is -0.123. The van der Waals surface area contributed by atoms with E-state index in [9.17, 15) is 9.59 Å². The van der Waals surface area contributed by atoms with Gasteiger partial charge in [0.2, 0.25) is 5.91 Å². The number of hydrogen-bond acceptors (Lipinski definition) is 2. The van der Waals surface area contributed by atoms with Crippen LogP contribution in [0.1, 0.15) is 55.6 Å². The van der Waals surface area contributed by atoms with Gasteiger partial charge in [0.1, 0.15) is 6.04 Å². The van der Waals surface area contributed by atoms with Crippen molar-refractivity contribution >= 4 is 11.8 Å². The van der Waals surface area contributed by atoms with Crippen molar-refractivity contribution in [2.45, 2.75) is 58.5 Å². The molecule has 4 nitrogen and oxygen atoms in total. The minimum absolute atomic E-state index is 0.00831. The third-order valence-corrected chi connectivity index (χ3v) is 4.78. The van der Waals surface area contributed by atoms with Crippen molar-refractivity contribution in [3.63, 3.8) is 0 Å². The molecule has 2 atom stereocenters. The zero-order valence-corrected chi connectivity index (χ0v) is 16.9. The Balaban J connectivity index is 1.90. The fraction of sp³-hybridized carbons (Fsp3) is 0.391. The fourth-order valence-corrected chi connectivity index (χ4v) is 3.32. The predicted molar refractivity (Wildman–Crippen MR) is 110 cm³/mol. The number of nitrogens with one attached hydrogen (secondary N) is 2. The van der Waals surface area contributed by atoms with Gasteiger partial charge in [-0.25, -0.2) is 0 Å². The highest BCUT2D eigenvalue weighted by molar-refractivity contribution is 5.97. The highest BCUT2D eigenvalue weighted by Gasteiger charge is 2.25. The molecule has 0 aliphatic heterocycles. The van der Waals surface area contributed by atoms with E-state index in [1.165, 1.54) is 5.56 Å². The van der Waals surface area contributed by atoms with Crippen LogP contribution in [0.3, 0.4) is 0 Å². The zero-order chi connectivity index (χ0) is 20.0. The van der Waals surface area contributed by atoms with E-state index in [-0.39, 0.29) is 23.3 Å². The van der Waals surface area contributed by atoms with Gasteiger partial charge >= 0.3 is 0 Å². The minimum Gasteiger partial charge on any atom is -0.352 e. The van der Waals surface area contributed by atoms with Crippen molar-refractivity contribution < 1.29 is 9.59 Å². The Hall–Kier alpha value is -2.62. The van der Waals surface area contributed by atoms with Gasteiger partial charge in [-0.1, -0.05) is 61.9 Å². The number of aryl methyl sites for hydroxylation is 1. The lowest BCUT2D eigenvalue weighted by atomic mass is 9.79. The summed E-state index contributed by atoms with van der Waals surface area (Å²) in [4.78, 5) is 24.8. The van der Waals surface area contributed by atoms with Gasteiger partial charge in [0, 0.05) is 11.6 Å². The molecule has 2 amide bonds. The van der Waals surface area contributed by atoms with Crippen LogP contribution in [-0.2, 0) is 10.2 Å². The first-order chi connectivity index (χ1) is 12.7. The molecule has 2 aromatic rings. The number of benzene rings is 2. The summed E-state index contributed by atoms with van der Waals surface area (Å²) in [7, 11) is 0. The minimum atomic E-state index is -0.597. The van der Waals surface area contributed by atoms with E-state index in [4.69, 9.17) is 0 Å². The van der Waals surface area contributed by atoms with Gasteiger partial charge in [-0.3, -0.25) is 9.59 Å². The summed E-state index contributed by atoms with van der Waals surface area (Å²) in [6.07, 6.45) is 0.807. The van der Waals surface area contributed by atoms with Crippen LogP contribution in [-0.4, -0.2) is 23.9 Å². The average molecular weight is 367 g/mol. The maximum atomic E-state index is 12.5. The molecule has 0 radical (unpaired) electrons. The lowest BCUT2D eigenvalue weighted by Crippen LogP contribution is -2.48. The monoisotopic (exact) mass is 366 g/mol. The van der Waals surface area contributed by atoms with E-state index >= 15 is 0 Å². The molecule has 0 bridgehead atoms. The topological polar surface area (TPSA) is 58.2 Å². The molecular weight excluding hydrogens is 336 g/mol. The second-order valence-electron chi connectivity index (χ2n) is 7.93. The maximum absolute atomic E-state index is 12.5. The molecule has 2 unspecified atom stereocenters. The van der Waals surface area contributed by atoms with Crippen molar-refractivity contribution in [2.75, 3.05) is 0 Å². The summed E-state index contributed by atoms with van der Waals surface area (Å²) in [6, 6.07) is 17.0. The summed E-state index contributed by atoms with van der Waals surface area (Å²) in [5, 5.41) is 5.79. The van der Waals surface area contributed by atoms with Crippen molar-refractivity contribution in [3.8, 4) is 0 Å². The second kappa shape index (κ2) is 8.85.